The number of hydrogen-bond acceptors (Lipinski definition) is 4. The molecule has 2 aromatic carbocycles. The fourth-order valence-electron chi connectivity index (χ4n) is 2.06. The molecule has 0 aliphatic carbocycles. The Balaban J connectivity index is 2.03. The molecule has 0 saturated carbocycles. The van der Waals surface area contributed by atoms with Gasteiger partial charge in [0.2, 0.25) is 0 Å². The molecule has 3 rings (SSSR count). The van der Waals surface area contributed by atoms with Crippen LogP contribution in [0.5, 0.6) is 17.2 Å². The Labute approximate surface area is 116 Å². The highest BCUT2D eigenvalue weighted by Crippen LogP contribution is 2.31. The Hall–Kier alpha value is -2.75. The van der Waals surface area contributed by atoms with E-state index in [1.165, 1.54) is 0 Å². The van der Waals surface area contributed by atoms with Crippen molar-refractivity contribution in [3.8, 4) is 17.2 Å². The molecule has 0 fully saturated rings. The van der Waals surface area contributed by atoms with Gasteiger partial charge in [-0.15, -0.1) is 0 Å². The fourth-order valence-corrected chi connectivity index (χ4v) is 2.06. The van der Waals surface area contributed by atoms with Gasteiger partial charge in [0.05, 0.1) is 7.11 Å². The highest BCUT2D eigenvalue weighted by atomic mass is 16.5. The lowest BCUT2D eigenvalue weighted by Gasteiger charge is -2.10. The molecule has 0 spiro atoms. The summed E-state index contributed by atoms with van der Waals surface area (Å²) < 4.78 is 11.1. The number of rotatable bonds is 3. The molecule has 0 atom stereocenters. The van der Waals surface area contributed by atoms with Crippen LogP contribution in [0.4, 0.5) is 5.69 Å². The molecule has 0 bridgehead atoms. The number of nitrogens with two attached hydrogens (primary N) is 1. The summed E-state index contributed by atoms with van der Waals surface area (Å²) in [5.74, 6) is 1.98. The van der Waals surface area contributed by atoms with E-state index in [2.05, 4.69) is 4.98 Å². The number of nitrogens with zero attached hydrogens (tertiary/aromatic N) is 1. The van der Waals surface area contributed by atoms with Gasteiger partial charge in [0, 0.05) is 35.5 Å². The monoisotopic (exact) mass is 266 g/mol. The predicted molar refractivity (Wildman–Crippen MR) is 79.2 cm³/mol. The first-order chi connectivity index (χ1) is 9.76. The Morgan fingerprint density at radius 3 is 2.65 bits per heavy atom. The van der Waals surface area contributed by atoms with Crippen LogP contribution in [0.2, 0.25) is 0 Å². The van der Waals surface area contributed by atoms with E-state index in [1.54, 1.807) is 31.5 Å². The lowest BCUT2D eigenvalue weighted by molar-refractivity contribution is 0.409. The normalized spacial score (nSPS) is 10.4. The first-order valence-corrected chi connectivity index (χ1v) is 6.22. The summed E-state index contributed by atoms with van der Waals surface area (Å²) >= 11 is 0. The maximum atomic E-state index is 5.89. The number of pyridine rings is 1. The zero-order valence-electron chi connectivity index (χ0n) is 11.0. The third-order valence-corrected chi connectivity index (χ3v) is 2.96. The Bertz CT molecular complexity index is 751. The van der Waals surface area contributed by atoms with Crippen LogP contribution < -0.4 is 15.2 Å². The smallest absolute Gasteiger partial charge is 0.153 e. The van der Waals surface area contributed by atoms with Crippen molar-refractivity contribution < 1.29 is 9.47 Å². The zero-order chi connectivity index (χ0) is 13.9. The highest BCUT2D eigenvalue weighted by molar-refractivity contribution is 5.84. The molecule has 0 radical (unpaired) electrons. The van der Waals surface area contributed by atoms with Crippen molar-refractivity contribution >= 4 is 16.6 Å². The van der Waals surface area contributed by atoms with Gasteiger partial charge in [-0.3, -0.25) is 4.98 Å². The maximum absolute atomic E-state index is 5.89. The molecule has 0 amide bonds. The fraction of sp³-hybridized carbons (Fsp3) is 0.0625. The second-order valence-corrected chi connectivity index (χ2v) is 4.38. The molecule has 0 aliphatic heterocycles. The molecule has 100 valence electrons. The highest BCUT2D eigenvalue weighted by Gasteiger charge is 2.06. The topological polar surface area (TPSA) is 57.4 Å². The third kappa shape index (κ3) is 2.36. The molecule has 4 nitrogen and oxygen atoms in total. The number of fused-ring (bicyclic) bond motifs is 1. The van der Waals surface area contributed by atoms with Gasteiger partial charge >= 0.3 is 0 Å². The van der Waals surface area contributed by atoms with Gasteiger partial charge in [0.15, 0.2) is 5.75 Å². The van der Waals surface area contributed by atoms with Gasteiger partial charge in [-0.25, -0.2) is 0 Å². The van der Waals surface area contributed by atoms with Gasteiger partial charge in [-0.1, -0.05) is 18.2 Å². The molecule has 0 saturated heterocycles. The van der Waals surface area contributed by atoms with Crippen LogP contribution in [0, 0.1) is 0 Å². The summed E-state index contributed by atoms with van der Waals surface area (Å²) in [7, 11) is 1.60. The summed E-state index contributed by atoms with van der Waals surface area (Å²) in [4.78, 5) is 4.35. The molecule has 0 unspecified atom stereocenters. The molecular formula is C16H14N2O2. The van der Waals surface area contributed by atoms with Crippen molar-refractivity contribution in [3.05, 3.63) is 54.7 Å². The van der Waals surface area contributed by atoms with Crippen LogP contribution >= 0.6 is 0 Å². The van der Waals surface area contributed by atoms with Crippen molar-refractivity contribution in [2.75, 3.05) is 12.8 Å². The Morgan fingerprint density at radius 2 is 1.80 bits per heavy atom. The van der Waals surface area contributed by atoms with Crippen LogP contribution in [0.3, 0.4) is 0 Å². The average molecular weight is 266 g/mol. The van der Waals surface area contributed by atoms with Gasteiger partial charge in [-0.05, 0) is 12.1 Å². The van der Waals surface area contributed by atoms with Gasteiger partial charge < -0.3 is 15.2 Å². The lowest BCUT2D eigenvalue weighted by atomic mass is 10.2. The minimum Gasteiger partial charge on any atom is -0.497 e. The van der Waals surface area contributed by atoms with E-state index in [0.717, 1.165) is 10.9 Å². The Morgan fingerprint density at radius 1 is 1.00 bits per heavy atom. The minimum atomic E-state index is 0.590. The number of ether oxygens (including phenoxy) is 2. The van der Waals surface area contributed by atoms with Crippen molar-refractivity contribution in [2.24, 2.45) is 0 Å². The van der Waals surface area contributed by atoms with E-state index in [0.29, 0.717) is 22.9 Å². The number of para-hydroxylation sites is 1. The predicted octanol–water partition coefficient (Wildman–Crippen LogP) is 3.62. The summed E-state index contributed by atoms with van der Waals surface area (Å²) in [5.41, 5.74) is 7.23. The SMILES string of the molecule is COc1cc(N)cc(Oc2cccc3cccnc23)c1. The summed E-state index contributed by atoms with van der Waals surface area (Å²) in [6.45, 7) is 0. The van der Waals surface area contributed by atoms with Gasteiger partial charge in [0.1, 0.15) is 17.0 Å². The quantitative estimate of drug-likeness (QED) is 0.736. The van der Waals surface area contributed by atoms with Crippen LogP contribution in [-0.4, -0.2) is 12.1 Å². The Kier molecular flexibility index (Phi) is 3.13. The van der Waals surface area contributed by atoms with Crippen LogP contribution in [-0.2, 0) is 0 Å². The van der Waals surface area contributed by atoms with Crippen LogP contribution in [0.1, 0.15) is 0 Å². The first kappa shape index (κ1) is 12.3. The molecular weight excluding hydrogens is 252 g/mol. The van der Waals surface area contributed by atoms with E-state index in [9.17, 15) is 0 Å². The molecule has 20 heavy (non-hydrogen) atoms. The van der Waals surface area contributed by atoms with Crippen molar-refractivity contribution in [2.45, 2.75) is 0 Å². The minimum absolute atomic E-state index is 0.590. The van der Waals surface area contributed by atoms with Crippen molar-refractivity contribution in [1.82, 2.24) is 4.98 Å². The molecule has 1 aromatic heterocycles. The summed E-state index contributed by atoms with van der Waals surface area (Å²) in [5, 5.41) is 1.03. The molecule has 4 heteroatoms. The summed E-state index contributed by atoms with van der Waals surface area (Å²) in [6, 6.07) is 15.0. The van der Waals surface area contributed by atoms with E-state index in [4.69, 9.17) is 15.2 Å². The van der Waals surface area contributed by atoms with E-state index in [1.807, 2.05) is 30.3 Å². The number of nitrogen functional groups attached to an aromatic ring is 1. The lowest BCUT2D eigenvalue weighted by Crippen LogP contribution is -1.92. The average Bonchev–Trinajstić information content (AvgIpc) is 2.47. The molecule has 0 aliphatic rings. The van der Waals surface area contributed by atoms with Crippen molar-refractivity contribution in [1.29, 1.82) is 0 Å². The van der Waals surface area contributed by atoms with E-state index < -0.39 is 0 Å². The first-order valence-electron chi connectivity index (χ1n) is 6.22. The van der Waals surface area contributed by atoms with E-state index >= 15 is 0 Å². The number of methoxy groups -OCH3 is 1. The number of anilines is 1. The second kappa shape index (κ2) is 5.09. The van der Waals surface area contributed by atoms with Crippen LogP contribution in [0.25, 0.3) is 10.9 Å². The van der Waals surface area contributed by atoms with Gasteiger partial charge in [-0.2, -0.15) is 0 Å². The number of aromatic nitrogens is 1. The molecule has 3 aromatic rings. The molecule has 2 N–H and O–H groups in total. The number of hydrogen-bond donors (Lipinski definition) is 1. The summed E-state index contributed by atoms with van der Waals surface area (Å²) in [6.07, 6.45) is 1.75. The zero-order valence-corrected chi connectivity index (χ0v) is 11.0. The molecule has 1 heterocycles. The van der Waals surface area contributed by atoms with Crippen molar-refractivity contribution in [3.63, 3.8) is 0 Å². The second-order valence-electron chi connectivity index (χ2n) is 4.38. The standard InChI is InChI=1S/C16H14N2O2/c1-19-13-8-12(17)9-14(10-13)20-15-6-2-4-11-5-3-7-18-16(11)15/h2-10H,17H2,1H3. The van der Waals surface area contributed by atoms with Gasteiger partial charge in [0.25, 0.3) is 0 Å². The van der Waals surface area contributed by atoms with Crippen LogP contribution in [0.15, 0.2) is 54.7 Å². The third-order valence-electron chi connectivity index (χ3n) is 2.96. The number of benzene rings is 2. The largest absolute Gasteiger partial charge is 0.497 e. The van der Waals surface area contributed by atoms with E-state index in [-0.39, 0.29) is 0 Å². The maximum Gasteiger partial charge on any atom is 0.153 e.